The van der Waals surface area contributed by atoms with Crippen molar-refractivity contribution in [1.29, 1.82) is 0 Å². The summed E-state index contributed by atoms with van der Waals surface area (Å²) in [6, 6.07) is 0. The molecule has 0 fully saturated rings. The molecule has 0 unspecified atom stereocenters. The van der Waals surface area contributed by atoms with Crippen molar-refractivity contribution in [3.63, 3.8) is 0 Å². The molecule has 84 valence electrons. The second kappa shape index (κ2) is 3.89. The second-order valence-corrected chi connectivity index (χ2v) is 4.24. The van der Waals surface area contributed by atoms with Crippen LogP contribution < -0.4 is 4.74 Å². The summed E-state index contributed by atoms with van der Waals surface area (Å²) in [6.45, 7) is 4.79. The molecule has 6 heteroatoms. The van der Waals surface area contributed by atoms with Crippen molar-refractivity contribution in [3.8, 4) is 5.88 Å². The number of hydrogen-bond acceptors (Lipinski definition) is 2. The van der Waals surface area contributed by atoms with Crippen LogP contribution in [0.5, 0.6) is 5.88 Å². The second-order valence-electron chi connectivity index (χ2n) is 3.86. The SMILES string of the molecule is CC(C)(C)Oc1nc(F)c(Cl)c(F)c1F. The number of ether oxygens (including phenoxy) is 1. The molecule has 0 spiro atoms. The Hall–Kier alpha value is -0.970. The van der Waals surface area contributed by atoms with Crippen molar-refractivity contribution in [1.82, 2.24) is 4.98 Å². The summed E-state index contributed by atoms with van der Waals surface area (Å²) in [5.74, 6) is -4.92. The number of halogens is 4. The Bertz CT molecular complexity index is 390. The van der Waals surface area contributed by atoms with Gasteiger partial charge >= 0.3 is 0 Å². The lowest BCUT2D eigenvalue weighted by atomic mass is 10.2. The van der Waals surface area contributed by atoms with Crippen LogP contribution in [0.1, 0.15) is 20.8 Å². The Morgan fingerprint density at radius 1 is 1.13 bits per heavy atom. The van der Waals surface area contributed by atoms with E-state index in [2.05, 4.69) is 4.98 Å². The number of pyridine rings is 1. The van der Waals surface area contributed by atoms with E-state index in [0.29, 0.717) is 0 Å². The molecule has 0 N–H and O–H groups in total. The first-order valence-electron chi connectivity index (χ1n) is 4.11. The van der Waals surface area contributed by atoms with E-state index in [1.165, 1.54) is 0 Å². The summed E-state index contributed by atoms with van der Waals surface area (Å²) in [4.78, 5) is 3.08. The molecule has 0 aromatic carbocycles. The molecular weight excluding hydrogens is 231 g/mol. The molecule has 0 radical (unpaired) electrons. The van der Waals surface area contributed by atoms with E-state index in [-0.39, 0.29) is 0 Å². The van der Waals surface area contributed by atoms with Gasteiger partial charge in [0.25, 0.3) is 5.88 Å². The molecule has 1 aromatic rings. The Morgan fingerprint density at radius 3 is 2.13 bits per heavy atom. The van der Waals surface area contributed by atoms with E-state index in [0.717, 1.165) is 0 Å². The van der Waals surface area contributed by atoms with E-state index in [4.69, 9.17) is 16.3 Å². The van der Waals surface area contributed by atoms with Gasteiger partial charge in [0.05, 0.1) is 0 Å². The fourth-order valence-electron chi connectivity index (χ4n) is 0.826. The first-order valence-corrected chi connectivity index (χ1v) is 4.49. The number of nitrogens with zero attached hydrogens (tertiary/aromatic N) is 1. The molecule has 0 saturated heterocycles. The number of hydrogen-bond donors (Lipinski definition) is 0. The van der Waals surface area contributed by atoms with Crippen molar-refractivity contribution in [3.05, 3.63) is 22.6 Å². The monoisotopic (exact) mass is 239 g/mol. The third-order valence-corrected chi connectivity index (χ3v) is 1.68. The Kier molecular flexibility index (Phi) is 3.13. The van der Waals surface area contributed by atoms with Gasteiger partial charge in [0.1, 0.15) is 10.6 Å². The van der Waals surface area contributed by atoms with Gasteiger partial charge in [-0.3, -0.25) is 0 Å². The zero-order valence-electron chi connectivity index (χ0n) is 8.37. The van der Waals surface area contributed by atoms with Crippen molar-refractivity contribution >= 4 is 11.6 Å². The first-order chi connectivity index (χ1) is 6.72. The van der Waals surface area contributed by atoms with Gasteiger partial charge in [0.2, 0.25) is 11.8 Å². The van der Waals surface area contributed by atoms with Crippen LogP contribution in [-0.4, -0.2) is 10.6 Å². The molecule has 0 aliphatic rings. The van der Waals surface area contributed by atoms with Crippen LogP contribution in [0.4, 0.5) is 13.2 Å². The van der Waals surface area contributed by atoms with Crippen LogP contribution in [0.15, 0.2) is 0 Å². The van der Waals surface area contributed by atoms with E-state index in [1.807, 2.05) is 0 Å². The van der Waals surface area contributed by atoms with Gasteiger partial charge in [-0.05, 0) is 20.8 Å². The normalized spacial score (nSPS) is 11.7. The van der Waals surface area contributed by atoms with E-state index in [9.17, 15) is 13.2 Å². The topological polar surface area (TPSA) is 22.1 Å². The minimum absolute atomic E-state index is 0.734. The molecule has 0 aliphatic heterocycles. The quantitative estimate of drug-likeness (QED) is 0.702. The summed E-state index contributed by atoms with van der Waals surface area (Å²) in [7, 11) is 0. The van der Waals surface area contributed by atoms with Crippen LogP contribution in [0, 0.1) is 17.6 Å². The van der Waals surface area contributed by atoms with Gasteiger partial charge in [-0.2, -0.15) is 13.8 Å². The van der Waals surface area contributed by atoms with Crippen LogP contribution in [0.2, 0.25) is 5.02 Å². The van der Waals surface area contributed by atoms with Gasteiger partial charge < -0.3 is 4.74 Å². The Balaban J connectivity index is 3.21. The number of aromatic nitrogens is 1. The van der Waals surface area contributed by atoms with Crippen LogP contribution in [-0.2, 0) is 0 Å². The Morgan fingerprint density at radius 2 is 1.67 bits per heavy atom. The minimum Gasteiger partial charge on any atom is -0.470 e. The third-order valence-electron chi connectivity index (χ3n) is 1.36. The van der Waals surface area contributed by atoms with Gasteiger partial charge in [-0.15, -0.1) is 0 Å². The molecule has 1 aromatic heterocycles. The number of rotatable bonds is 1. The molecular formula is C9H9ClF3NO. The first kappa shape index (κ1) is 12.1. The molecule has 2 nitrogen and oxygen atoms in total. The molecule has 0 amide bonds. The summed E-state index contributed by atoms with van der Waals surface area (Å²) >= 11 is 5.12. The Labute approximate surface area is 90.0 Å². The fraction of sp³-hybridized carbons (Fsp3) is 0.444. The highest BCUT2D eigenvalue weighted by molar-refractivity contribution is 6.30. The zero-order valence-corrected chi connectivity index (χ0v) is 9.12. The maximum atomic E-state index is 13.2. The highest BCUT2D eigenvalue weighted by Crippen LogP contribution is 2.27. The molecule has 1 heterocycles. The average molecular weight is 240 g/mol. The smallest absolute Gasteiger partial charge is 0.256 e. The highest BCUT2D eigenvalue weighted by Gasteiger charge is 2.23. The highest BCUT2D eigenvalue weighted by atomic mass is 35.5. The lowest BCUT2D eigenvalue weighted by molar-refractivity contribution is 0.114. The van der Waals surface area contributed by atoms with Crippen LogP contribution in [0.3, 0.4) is 0 Å². The predicted molar refractivity (Wildman–Crippen MR) is 49.5 cm³/mol. The van der Waals surface area contributed by atoms with Crippen LogP contribution >= 0.6 is 11.6 Å². The lowest BCUT2D eigenvalue weighted by Gasteiger charge is -2.20. The minimum atomic E-state index is -1.50. The van der Waals surface area contributed by atoms with E-state index in [1.54, 1.807) is 20.8 Å². The molecule has 0 bridgehead atoms. The summed E-state index contributed by atoms with van der Waals surface area (Å²) in [5, 5.41) is -0.978. The van der Waals surface area contributed by atoms with Gasteiger partial charge in [0, 0.05) is 0 Å². The van der Waals surface area contributed by atoms with Crippen molar-refractivity contribution in [2.75, 3.05) is 0 Å². The zero-order chi connectivity index (χ0) is 11.8. The maximum absolute atomic E-state index is 13.2. The third kappa shape index (κ3) is 2.75. The standard InChI is InChI=1S/C9H9ClF3NO/c1-9(2,3)15-8-6(12)5(11)4(10)7(13)14-8/h1-3H3. The van der Waals surface area contributed by atoms with Crippen molar-refractivity contribution in [2.24, 2.45) is 0 Å². The molecule has 1 rings (SSSR count). The summed E-state index contributed by atoms with van der Waals surface area (Å²) in [6.07, 6.45) is 0. The van der Waals surface area contributed by atoms with E-state index < -0.39 is 34.1 Å². The largest absolute Gasteiger partial charge is 0.470 e. The van der Waals surface area contributed by atoms with Gasteiger partial charge in [0.15, 0.2) is 5.82 Å². The molecule has 0 saturated carbocycles. The molecule has 0 aliphatic carbocycles. The predicted octanol–water partition coefficient (Wildman–Crippen LogP) is 3.33. The lowest BCUT2D eigenvalue weighted by Crippen LogP contribution is -2.24. The van der Waals surface area contributed by atoms with E-state index >= 15 is 0 Å². The average Bonchev–Trinajstić information content (AvgIpc) is 2.08. The van der Waals surface area contributed by atoms with Crippen molar-refractivity contribution in [2.45, 2.75) is 26.4 Å². The summed E-state index contributed by atoms with van der Waals surface area (Å²) < 4.78 is 43.9. The van der Waals surface area contributed by atoms with Gasteiger partial charge in [-0.25, -0.2) is 4.39 Å². The maximum Gasteiger partial charge on any atom is 0.256 e. The molecule has 15 heavy (non-hydrogen) atoms. The summed E-state index contributed by atoms with van der Waals surface area (Å²) in [5.41, 5.74) is -0.805. The van der Waals surface area contributed by atoms with Crippen LogP contribution in [0.25, 0.3) is 0 Å². The fourth-order valence-corrected chi connectivity index (χ4v) is 0.951. The molecule has 0 atom stereocenters. The van der Waals surface area contributed by atoms with Gasteiger partial charge in [-0.1, -0.05) is 11.6 Å². The van der Waals surface area contributed by atoms with Crippen molar-refractivity contribution < 1.29 is 17.9 Å².